The number of carbonyl (C=O) groups excluding carboxylic acids is 2. The van der Waals surface area contributed by atoms with Gasteiger partial charge in [0.15, 0.2) is 0 Å². The first-order valence-electron chi connectivity index (χ1n) is 9.31. The van der Waals surface area contributed by atoms with E-state index in [0.717, 1.165) is 18.4 Å². The zero-order valence-corrected chi connectivity index (χ0v) is 15.8. The van der Waals surface area contributed by atoms with Gasteiger partial charge in [-0.3, -0.25) is 9.59 Å². The molecule has 27 heavy (non-hydrogen) atoms. The van der Waals surface area contributed by atoms with Gasteiger partial charge in [-0.1, -0.05) is 38.8 Å². The van der Waals surface area contributed by atoms with E-state index in [1.165, 1.54) is 12.1 Å². The Hall–Kier alpha value is -2.44. The summed E-state index contributed by atoms with van der Waals surface area (Å²) in [5, 5.41) is 14.3. The van der Waals surface area contributed by atoms with Crippen LogP contribution in [-0.4, -0.2) is 35.5 Å². The van der Waals surface area contributed by atoms with Gasteiger partial charge in [-0.05, 0) is 42.9 Å². The van der Waals surface area contributed by atoms with Crippen molar-refractivity contribution in [2.75, 3.05) is 6.54 Å². The van der Waals surface area contributed by atoms with Crippen molar-refractivity contribution in [2.24, 2.45) is 5.92 Å². The van der Waals surface area contributed by atoms with E-state index < -0.39 is 23.3 Å². The van der Waals surface area contributed by atoms with Crippen LogP contribution in [0.4, 0.5) is 4.39 Å². The number of hydrogen-bond donors (Lipinski definition) is 3. The van der Waals surface area contributed by atoms with Crippen molar-refractivity contribution in [1.29, 1.82) is 0 Å². The van der Waals surface area contributed by atoms with Gasteiger partial charge < -0.3 is 15.7 Å². The predicted octanol–water partition coefficient (Wildman–Crippen LogP) is 2.37. The van der Waals surface area contributed by atoms with Gasteiger partial charge in [0.25, 0.3) is 0 Å². The van der Waals surface area contributed by atoms with Crippen molar-refractivity contribution in [3.05, 3.63) is 35.6 Å². The Labute approximate surface area is 158 Å². The molecule has 1 atom stereocenters. The molecule has 1 fully saturated rings. The molecule has 7 heteroatoms. The standard InChI is InChI=1S/C20H27FN2O4/c1-13(2)11-16(18(25)26)23-17(24)12-22-19(27)20(9-3-4-10-20)14-5-7-15(21)8-6-14/h5-8,13,16H,3-4,9-12H2,1-2H3,(H,22,27)(H,23,24)(H,25,26)/t16-/m0/s1. The van der Waals surface area contributed by atoms with Gasteiger partial charge in [0.2, 0.25) is 11.8 Å². The molecule has 148 valence electrons. The third kappa shape index (κ3) is 5.28. The maximum absolute atomic E-state index is 13.2. The number of carbonyl (C=O) groups is 3. The molecule has 2 amide bonds. The molecule has 0 aliphatic heterocycles. The van der Waals surface area contributed by atoms with Gasteiger partial charge in [-0.25, -0.2) is 9.18 Å². The van der Waals surface area contributed by atoms with Crippen LogP contribution in [0.15, 0.2) is 24.3 Å². The number of benzene rings is 1. The molecule has 0 heterocycles. The molecule has 6 nitrogen and oxygen atoms in total. The van der Waals surface area contributed by atoms with E-state index in [9.17, 15) is 23.9 Å². The van der Waals surface area contributed by atoms with Crippen LogP contribution in [0, 0.1) is 11.7 Å². The van der Waals surface area contributed by atoms with Crippen LogP contribution < -0.4 is 10.6 Å². The maximum Gasteiger partial charge on any atom is 0.326 e. The summed E-state index contributed by atoms with van der Waals surface area (Å²) in [6.07, 6.45) is 3.35. The Balaban J connectivity index is 2.01. The first-order valence-corrected chi connectivity index (χ1v) is 9.31. The van der Waals surface area contributed by atoms with Gasteiger partial charge in [0, 0.05) is 0 Å². The molecule has 3 N–H and O–H groups in total. The van der Waals surface area contributed by atoms with Crippen LogP contribution in [0.5, 0.6) is 0 Å². The lowest BCUT2D eigenvalue weighted by Gasteiger charge is -2.28. The molecule has 0 unspecified atom stereocenters. The lowest BCUT2D eigenvalue weighted by molar-refractivity contribution is -0.142. The Kier molecular flexibility index (Phi) is 6.93. The quantitative estimate of drug-likeness (QED) is 0.647. The second kappa shape index (κ2) is 8.97. The highest BCUT2D eigenvalue weighted by molar-refractivity contribution is 5.92. The monoisotopic (exact) mass is 378 g/mol. The Morgan fingerprint density at radius 2 is 1.74 bits per heavy atom. The molecule has 0 spiro atoms. The first kappa shape index (κ1) is 20.9. The number of carboxylic acids is 1. The van der Waals surface area contributed by atoms with Crippen molar-refractivity contribution in [1.82, 2.24) is 10.6 Å². The summed E-state index contributed by atoms with van der Waals surface area (Å²) in [7, 11) is 0. The largest absolute Gasteiger partial charge is 0.480 e. The summed E-state index contributed by atoms with van der Waals surface area (Å²) < 4.78 is 13.2. The number of hydrogen-bond acceptors (Lipinski definition) is 3. The van der Waals surface area contributed by atoms with E-state index in [4.69, 9.17) is 0 Å². The van der Waals surface area contributed by atoms with Crippen molar-refractivity contribution >= 4 is 17.8 Å². The number of carboxylic acid groups (broad SMARTS) is 1. The van der Waals surface area contributed by atoms with E-state index in [1.807, 2.05) is 13.8 Å². The van der Waals surface area contributed by atoms with Crippen LogP contribution in [0.25, 0.3) is 0 Å². The first-order chi connectivity index (χ1) is 12.7. The number of nitrogens with one attached hydrogen (secondary N) is 2. The highest BCUT2D eigenvalue weighted by atomic mass is 19.1. The summed E-state index contributed by atoms with van der Waals surface area (Å²) in [5.74, 6) is -2.17. The lowest BCUT2D eigenvalue weighted by Crippen LogP contribution is -2.49. The van der Waals surface area contributed by atoms with Gasteiger partial charge in [-0.15, -0.1) is 0 Å². The summed E-state index contributed by atoms with van der Waals surface area (Å²) in [6, 6.07) is 4.91. The Morgan fingerprint density at radius 1 is 1.15 bits per heavy atom. The van der Waals surface area contributed by atoms with Crippen LogP contribution in [-0.2, 0) is 19.8 Å². The van der Waals surface area contributed by atoms with Crippen molar-refractivity contribution in [3.8, 4) is 0 Å². The average molecular weight is 378 g/mol. The molecule has 2 rings (SSSR count). The Morgan fingerprint density at radius 3 is 2.26 bits per heavy atom. The minimum Gasteiger partial charge on any atom is -0.480 e. The molecule has 0 radical (unpaired) electrons. The highest BCUT2D eigenvalue weighted by Crippen LogP contribution is 2.41. The van der Waals surface area contributed by atoms with Crippen LogP contribution >= 0.6 is 0 Å². The van der Waals surface area contributed by atoms with Gasteiger partial charge >= 0.3 is 5.97 Å². The van der Waals surface area contributed by atoms with Gasteiger partial charge in [0.1, 0.15) is 11.9 Å². The molecule has 1 aliphatic carbocycles. The fraction of sp³-hybridized carbons (Fsp3) is 0.550. The minimum atomic E-state index is -1.10. The fourth-order valence-electron chi connectivity index (χ4n) is 3.66. The molecular formula is C20H27FN2O4. The third-order valence-electron chi connectivity index (χ3n) is 5.04. The maximum atomic E-state index is 13.2. The highest BCUT2D eigenvalue weighted by Gasteiger charge is 2.42. The van der Waals surface area contributed by atoms with E-state index in [0.29, 0.717) is 19.3 Å². The smallest absolute Gasteiger partial charge is 0.326 e. The second-order valence-corrected chi connectivity index (χ2v) is 7.57. The van der Waals surface area contributed by atoms with Crippen molar-refractivity contribution < 1.29 is 23.9 Å². The molecule has 1 saturated carbocycles. The number of amides is 2. The molecular weight excluding hydrogens is 351 g/mol. The van der Waals surface area contributed by atoms with Crippen LogP contribution in [0.3, 0.4) is 0 Å². The van der Waals surface area contributed by atoms with E-state index in [1.54, 1.807) is 12.1 Å². The van der Waals surface area contributed by atoms with Crippen molar-refractivity contribution in [2.45, 2.75) is 57.4 Å². The third-order valence-corrected chi connectivity index (χ3v) is 5.04. The molecule has 0 bridgehead atoms. The average Bonchev–Trinajstić information content (AvgIpc) is 3.10. The number of halogens is 1. The molecule has 0 saturated heterocycles. The van der Waals surface area contributed by atoms with E-state index in [-0.39, 0.29) is 24.2 Å². The molecule has 1 aromatic rings. The summed E-state index contributed by atoms with van der Waals surface area (Å²) in [6.45, 7) is 3.45. The molecule has 1 aliphatic rings. The Bertz CT molecular complexity index is 682. The van der Waals surface area contributed by atoms with E-state index in [2.05, 4.69) is 10.6 Å². The van der Waals surface area contributed by atoms with Crippen LogP contribution in [0.1, 0.15) is 51.5 Å². The molecule has 0 aromatic heterocycles. The number of aliphatic carboxylic acids is 1. The summed E-state index contributed by atoms with van der Waals surface area (Å²) in [5.41, 5.74) is -0.0273. The predicted molar refractivity (Wildman–Crippen MR) is 98.6 cm³/mol. The minimum absolute atomic E-state index is 0.112. The van der Waals surface area contributed by atoms with Gasteiger partial charge in [-0.2, -0.15) is 0 Å². The topological polar surface area (TPSA) is 95.5 Å². The zero-order valence-electron chi connectivity index (χ0n) is 15.8. The van der Waals surface area contributed by atoms with Crippen molar-refractivity contribution in [3.63, 3.8) is 0 Å². The SMILES string of the molecule is CC(C)C[C@H](NC(=O)CNC(=O)C1(c2ccc(F)cc2)CCCC1)C(=O)O. The normalized spacial score (nSPS) is 16.7. The fourth-order valence-corrected chi connectivity index (χ4v) is 3.66. The van der Waals surface area contributed by atoms with Gasteiger partial charge in [0.05, 0.1) is 12.0 Å². The number of rotatable bonds is 8. The second-order valence-electron chi connectivity index (χ2n) is 7.57. The summed E-state index contributed by atoms with van der Waals surface area (Å²) >= 11 is 0. The van der Waals surface area contributed by atoms with E-state index >= 15 is 0 Å². The lowest BCUT2D eigenvalue weighted by atomic mass is 9.78. The van der Waals surface area contributed by atoms with Crippen LogP contribution in [0.2, 0.25) is 0 Å². The zero-order chi connectivity index (χ0) is 20.0. The molecule has 1 aromatic carbocycles. The summed E-state index contributed by atoms with van der Waals surface area (Å²) in [4.78, 5) is 36.2.